The Bertz CT molecular complexity index is 487. The number of imide groups is 1. The van der Waals surface area contributed by atoms with Gasteiger partial charge >= 0.3 is 0 Å². The van der Waals surface area contributed by atoms with Gasteiger partial charge in [-0.25, -0.2) is 0 Å². The number of carbonyl (C=O) groups is 2. The number of hydrogen-bond acceptors (Lipinski definition) is 4. The van der Waals surface area contributed by atoms with Crippen molar-refractivity contribution >= 4 is 11.8 Å². The molecule has 0 aliphatic carbocycles. The lowest BCUT2D eigenvalue weighted by atomic mass is 10.1. The number of azide groups is 1. The monoisotopic (exact) mass is 232 g/mol. The van der Waals surface area contributed by atoms with Gasteiger partial charge in [-0.2, -0.15) is 0 Å². The van der Waals surface area contributed by atoms with Crippen LogP contribution in [-0.4, -0.2) is 30.0 Å². The van der Waals surface area contributed by atoms with Crippen LogP contribution < -0.4 is 0 Å². The molecule has 17 heavy (non-hydrogen) atoms. The molecule has 1 aromatic carbocycles. The highest BCUT2D eigenvalue weighted by molar-refractivity contribution is 6.20. The minimum atomic E-state index is -0.494. The summed E-state index contributed by atoms with van der Waals surface area (Å²) >= 11 is 0. The van der Waals surface area contributed by atoms with Crippen LogP contribution in [0, 0.1) is 0 Å². The van der Waals surface area contributed by atoms with Gasteiger partial charge in [-0.15, -0.1) is 5.06 Å². The molecule has 1 heterocycles. The molecule has 0 saturated heterocycles. The van der Waals surface area contributed by atoms with Crippen molar-refractivity contribution in [3.05, 3.63) is 45.8 Å². The minimum absolute atomic E-state index is 0.0183. The van der Waals surface area contributed by atoms with Crippen LogP contribution in [0.25, 0.3) is 10.4 Å². The molecule has 0 radical (unpaired) electrons. The van der Waals surface area contributed by atoms with Gasteiger partial charge in [0.2, 0.25) is 0 Å². The summed E-state index contributed by atoms with van der Waals surface area (Å²) in [6, 6.07) is 6.47. The molecule has 0 spiro atoms. The smallest absolute Gasteiger partial charge is 0.266 e. The second-order valence-corrected chi connectivity index (χ2v) is 3.24. The van der Waals surface area contributed by atoms with Crippen molar-refractivity contribution in [2.45, 2.75) is 0 Å². The first-order chi connectivity index (χ1) is 8.25. The lowest BCUT2D eigenvalue weighted by Crippen LogP contribution is -2.30. The first kappa shape index (κ1) is 11.1. The maximum atomic E-state index is 11.7. The van der Waals surface area contributed by atoms with Gasteiger partial charge in [-0.05, 0) is 17.7 Å². The molecule has 7 nitrogen and oxygen atoms in total. The summed E-state index contributed by atoms with van der Waals surface area (Å²) < 4.78 is 0. The minimum Gasteiger partial charge on any atom is -0.266 e. The Morgan fingerprint density at radius 2 is 1.82 bits per heavy atom. The molecule has 0 saturated carbocycles. The predicted molar refractivity (Wildman–Crippen MR) is 56.9 cm³/mol. The number of carbonyl (C=O) groups excluding carboxylic acids is 2. The average Bonchev–Trinajstić information content (AvgIpc) is 2.60. The number of hydroxylamine groups is 2. The van der Waals surface area contributed by atoms with Gasteiger partial charge in [0.15, 0.2) is 0 Å². The van der Waals surface area contributed by atoms with E-state index in [1.165, 1.54) is 0 Å². The van der Waals surface area contributed by atoms with E-state index in [4.69, 9.17) is 10.4 Å². The Kier molecular flexibility index (Phi) is 3.04. The van der Waals surface area contributed by atoms with E-state index in [2.05, 4.69) is 10.0 Å². The molecule has 7 heteroatoms. The fourth-order valence-electron chi connectivity index (χ4n) is 1.50. The standard InChI is InChI=1S/C10H8N4O3/c11-13-12-5-6-17-14-9(15)7-3-1-2-4-8(7)10(14)16/h1-4H,5-6H2. The van der Waals surface area contributed by atoms with Crippen LogP contribution in [0.1, 0.15) is 20.7 Å². The number of amides is 2. The average molecular weight is 232 g/mol. The lowest BCUT2D eigenvalue weighted by molar-refractivity contribution is -0.0882. The van der Waals surface area contributed by atoms with Crippen LogP contribution in [-0.2, 0) is 4.84 Å². The topological polar surface area (TPSA) is 95.4 Å². The highest BCUT2D eigenvalue weighted by Crippen LogP contribution is 2.22. The molecule has 1 aromatic rings. The number of hydrogen-bond donors (Lipinski definition) is 0. The molecule has 2 amide bonds. The Morgan fingerprint density at radius 3 is 2.35 bits per heavy atom. The molecule has 1 aliphatic heterocycles. The van der Waals surface area contributed by atoms with Crippen molar-refractivity contribution in [3.8, 4) is 0 Å². The Morgan fingerprint density at radius 1 is 1.24 bits per heavy atom. The molecule has 0 N–H and O–H groups in total. The maximum absolute atomic E-state index is 11.7. The molecule has 0 fully saturated rings. The Hall–Kier alpha value is -2.37. The first-order valence-electron chi connectivity index (χ1n) is 4.87. The summed E-state index contributed by atoms with van der Waals surface area (Å²) in [5, 5.41) is 3.93. The third-order valence-electron chi connectivity index (χ3n) is 2.23. The quantitative estimate of drug-likeness (QED) is 0.259. The second-order valence-electron chi connectivity index (χ2n) is 3.24. The molecular weight excluding hydrogens is 224 g/mol. The van der Waals surface area contributed by atoms with Gasteiger partial charge in [-0.1, -0.05) is 17.2 Å². The summed E-state index contributed by atoms with van der Waals surface area (Å²) in [6.45, 7) is 0.0411. The zero-order chi connectivity index (χ0) is 12.3. The van der Waals surface area contributed by atoms with E-state index in [9.17, 15) is 9.59 Å². The summed E-state index contributed by atoms with van der Waals surface area (Å²) in [6.07, 6.45) is 0. The molecule has 2 rings (SSSR count). The zero-order valence-electron chi connectivity index (χ0n) is 8.74. The molecular formula is C10H8N4O3. The number of rotatable bonds is 4. The normalized spacial score (nSPS) is 13.5. The lowest BCUT2D eigenvalue weighted by Gasteiger charge is -2.11. The van der Waals surface area contributed by atoms with Gasteiger partial charge in [0, 0.05) is 4.91 Å². The second kappa shape index (κ2) is 4.65. The molecule has 0 atom stereocenters. The molecule has 86 valence electrons. The van der Waals surface area contributed by atoms with Gasteiger partial charge in [0.05, 0.1) is 24.3 Å². The van der Waals surface area contributed by atoms with E-state index in [-0.39, 0.29) is 13.2 Å². The van der Waals surface area contributed by atoms with E-state index < -0.39 is 11.8 Å². The van der Waals surface area contributed by atoms with Crippen molar-refractivity contribution in [3.63, 3.8) is 0 Å². The highest BCUT2D eigenvalue weighted by atomic mass is 16.7. The van der Waals surface area contributed by atoms with Crippen molar-refractivity contribution in [2.75, 3.05) is 13.2 Å². The van der Waals surface area contributed by atoms with Crippen LogP contribution in [0.4, 0.5) is 0 Å². The summed E-state index contributed by atoms with van der Waals surface area (Å²) in [5.74, 6) is -0.988. The van der Waals surface area contributed by atoms with Crippen molar-refractivity contribution < 1.29 is 14.4 Å². The van der Waals surface area contributed by atoms with Gasteiger partial charge in [0.25, 0.3) is 11.8 Å². The van der Waals surface area contributed by atoms with Gasteiger partial charge in [-0.3, -0.25) is 14.4 Å². The van der Waals surface area contributed by atoms with Crippen LogP contribution >= 0.6 is 0 Å². The summed E-state index contributed by atoms with van der Waals surface area (Å²) in [4.78, 5) is 31.0. The van der Waals surface area contributed by atoms with Gasteiger partial charge in [0.1, 0.15) is 0 Å². The Balaban J connectivity index is 2.10. The maximum Gasteiger partial charge on any atom is 0.285 e. The molecule has 0 aromatic heterocycles. The van der Waals surface area contributed by atoms with E-state index in [1.807, 2.05) is 0 Å². The predicted octanol–water partition coefficient (Wildman–Crippen LogP) is 1.52. The van der Waals surface area contributed by atoms with Crippen molar-refractivity contribution in [1.82, 2.24) is 5.06 Å². The first-order valence-corrected chi connectivity index (χ1v) is 4.87. The van der Waals surface area contributed by atoms with Crippen molar-refractivity contribution in [2.24, 2.45) is 5.11 Å². The number of nitrogens with zero attached hydrogens (tertiary/aromatic N) is 4. The molecule has 1 aliphatic rings. The largest absolute Gasteiger partial charge is 0.285 e. The third-order valence-corrected chi connectivity index (χ3v) is 2.23. The van der Waals surface area contributed by atoms with Gasteiger partial charge < -0.3 is 0 Å². The van der Waals surface area contributed by atoms with Crippen LogP contribution in [0.15, 0.2) is 29.4 Å². The number of benzene rings is 1. The third kappa shape index (κ3) is 1.96. The van der Waals surface area contributed by atoms with E-state index >= 15 is 0 Å². The van der Waals surface area contributed by atoms with Crippen LogP contribution in [0.3, 0.4) is 0 Å². The summed E-state index contributed by atoms with van der Waals surface area (Å²) in [7, 11) is 0. The SMILES string of the molecule is [N-]=[N+]=NCCON1C(=O)c2ccccc2C1=O. The highest BCUT2D eigenvalue weighted by Gasteiger charge is 2.36. The molecule has 0 unspecified atom stereocenters. The fraction of sp³-hybridized carbons (Fsp3) is 0.200. The van der Waals surface area contributed by atoms with Crippen LogP contribution in [0.5, 0.6) is 0 Å². The number of fused-ring (bicyclic) bond motifs is 1. The zero-order valence-corrected chi connectivity index (χ0v) is 8.74. The molecule has 0 bridgehead atoms. The van der Waals surface area contributed by atoms with E-state index in [0.29, 0.717) is 16.2 Å². The van der Waals surface area contributed by atoms with E-state index in [1.54, 1.807) is 24.3 Å². The Labute approximate surface area is 96.2 Å². The van der Waals surface area contributed by atoms with Crippen molar-refractivity contribution in [1.29, 1.82) is 0 Å². The van der Waals surface area contributed by atoms with E-state index in [0.717, 1.165) is 0 Å². The van der Waals surface area contributed by atoms with Crippen LogP contribution in [0.2, 0.25) is 0 Å². The fourth-order valence-corrected chi connectivity index (χ4v) is 1.50. The summed E-state index contributed by atoms with van der Waals surface area (Å²) in [5.41, 5.74) is 8.70.